The van der Waals surface area contributed by atoms with Gasteiger partial charge in [-0.05, 0) is 48.7 Å². The fourth-order valence-electron chi connectivity index (χ4n) is 2.31. The first-order chi connectivity index (χ1) is 11.9. The summed E-state index contributed by atoms with van der Waals surface area (Å²) in [5, 5.41) is 7.90. The minimum Gasteiger partial charge on any atom is -0.494 e. The molecule has 7 heteroatoms. The normalized spacial score (nSPS) is 11.1. The van der Waals surface area contributed by atoms with E-state index in [1.807, 2.05) is 31.2 Å². The van der Waals surface area contributed by atoms with Crippen molar-refractivity contribution in [2.24, 2.45) is 5.14 Å². The number of primary sulfonamides is 1. The van der Waals surface area contributed by atoms with Crippen LogP contribution >= 0.6 is 0 Å². The second-order valence-corrected chi connectivity index (χ2v) is 7.10. The molecule has 2 aromatic carbocycles. The van der Waals surface area contributed by atoms with Gasteiger partial charge in [-0.2, -0.15) is 0 Å². The van der Waals surface area contributed by atoms with E-state index in [0.29, 0.717) is 26.0 Å². The summed E-state index contributed by atoms with van der Waals surface area (Å²) >= 11 is 0. The van der Waals surface area contributed by atoms with Gasteiger partial charge in [0.1, 0.15) is 5.75 Å². The van der Waals surface area contributed by atoms with Crippen molar-refractivity contribution in [3.05, 3.63) is 59.7 Å². The van der Waals surface area contributed by atoms with Crippen LogP contribution in [0.5, 0.6) is 5.75 Å². The SMILES string of the molecule is CCOc1ccc(CC(=O)NCCc2ccc(S(N)(=O)=O)cc2)cc1. The average Bonchev–Trinajstić information content (AvgIpc) is 2.56. The van der Waals surface area contributed by atoms with E-state index in [0.717, 1.165) is 16.9 Å². The van der Waals surface area contributed by atoms with Crippen LogP contribution in [0.15, 0.2) is 53.4 Å². The molecule has 0 radical (unpaired) electrons. The molecule has 0 spiro atoms. The van der Waals surface area contributed by atoms with Crippen molar-refractivity contribution in [1.29, 1.82) is 0 Å². The summed E-state index contributed by atoms with van der Waals surface area (Å²) in [4.78, 5) is 12.0. The molecule has 0 fully saturated rings. The van der Waals surface area contributed by atoms with E-state index in [2.05, 4.69) is 5.32 Å². The molecule has 0 aliphatic heterocycles. The molecule has 0 unspecified atom stereocenters. The molecule has 0 aliphatic rings. The standard InChI is InChI=1S/C18H22N2O4S/c1-2-24-16-7-3-15(4-8-16)13-18(21)20-12-11-14-5-9-17(10-6-14)25(19,22)23/h3-10H,2,11-13H2,1H3,(H,20,21)(H2,19,22,23). The van der Waals surface area contributed by atoms with Gasteiger partial charge in [0.25, 0.3) is 0 Å². The van der Waals surface area contributed by atoms with Crippen LogP contribution in [-0.4, -0.2) is 27.5 Å². The predicted octanol–water partition coefficient (Wildman–Crippen LogP) is 1.63. The minimum atomic E-state index is -3.67. The number of amides is 1. The topological polar surface area (TPSA) is 98.5 Å². The second-order valence-electron chi connectivity index (χ2n) is 5.54. The Bertz CT molecular complexity index is 800. The molecule has 0 heterocycles. The second kappa shape index (κ2) is 8.64. The molecule has 134 valence electrons. The summed E-state index contributed by atoms with van der Waals surface area (Å²) in [6.45, 7) is 3.01. The van der Waals surface area contributed by atoms with Crippen molar-refractivity contribution >= 4 is 15.9 Å². The van der Waals surface area contributed by atoms with Crippen LogP contribution in [-0.2, 0) is 27.7 Å². The maximum atomic E-state index is 12.0. The third-order valence-electron chi connectivity index (χ3n) is 3.59. The lowest BCUT2D eigenvalue weighted by Crippen LogP contribution is -2.27. The predicted molar refractivity (Wildman–Crippen MR) is 95.8 cm³/mol. The molecule has 6 nitrogen and oxygen atoms in total. The van der Waals surface area contributed by atoms with E-state index in [4.69, 9.17) is 9.88 Å². The Morgan fingerprint density at radius 2 is 1.64 bits per heavy atom. The number of sulfonamides is 1. The molecule has 3 N–H and O–H groups in total. The molecule has 1 amide bonds. The fourth-order valence-corrected chi connectivity index (χ4v) is 2.83. The highest BCUT2D eigenvalue weighted by atomic mass is 32.2. The number of carbonyl (C=O) groups excluding carboxylic acids is 1. The molecular weight excluding hydrogens is 340 g/mol. The summed E-state index contributed by atoms with van der Waals surface area (Å²) in [6.07, 6.45) is 0.913. The number of ether oxygens (including phenoxy) is 1. The van der Waals surface area contributed by atoms with Crippen molar-refractivity contribution in [1.82, 2.24) is 5.32 Å². The lowest BCUT2D eigenvalue weighted by Gasteiger charge is -2.07. The van der Waals surface area contributed by atoms with Gasteiger partial charge in [-0.15, -0.1) is 0 Å². The summed E-state index contributed by atoms with van der Waals surface area (Å²) in [5.41, 5.74) is 1.84. The van der Waals surface area contributed by atoms with E-state index in [-0.39, 0.29) is 10.8 Å². The lowest BCUT2D eigenvalue weighted by molar-refractivity contribution is -0.120. The van der Waals surface area contributed by atoms with Gasteiger partial charge in [0.2, 0.25) is 15.9 Å². The van der Waals surface area contributed by atoms with Crippen molar-refractivity contribution < 1.29 is 17.9 Å². The van der Waals surface area contributed by atoms with E-state index in [9.17, 15) is 13.2 Å². The molecule has 0 aliphatic carbocycles. The van der Waals surface area contributed by atoms with Crippen LogP contribution in [0, 0.1) is 0 Å². The number of nitrogens with one attached hydrogen (secondary N) is 1. The number of benzene rings is 2. The molecule has 0 saturated heterocycles. The molecular formula is C18H22N2O4S. The fraction of sp³-hybridized carbons (Fsp3) is 0.278. The van der Waals surface area contributed by atoms with Crippen LogP contribution in [0.1, 0.15) is 18.1 Å². The van der Waals surface area contributed by atoms with Crippen LogP contribution in [0.25, 0.3) is 0 Å². The summed E-state index contributed by atoms with van der Waals surface area (Å²) in [6, 6.07) is 13.8. The number of carbonyl (C=O) groups is 1. The van der Waals surface area contributed by atoms with Crippen LogP contribution in [0.4, 0.5) is 0 Å². The van der Waals surface area contributed by atoms with Gasteiger partial charge in [0.15, 0.2) is 0 Å². The summed E-state index contributed by atoms with van der Waals surface area (Å²) < 4.78 is 27.7. The maximum Gasteiger partial charge on any atom is 0.238 e. The van der Waals surface area contributed by atoms with Gasteiger partial charge < -0.3 is 10.1 Å². The zero-order valence-electron chi connectivity index (χ0n) is 14.1. The van der Waals surface area contributed by atoms with Crippen LogP contribution < -0.4 is 15.2 Å². The molecule has 0 bridgehead atoms. The van der Waals surface area contributed by atoms with E-state index < -0.39 is 10.0 Å². The van der Waals surface area contributed by atoms with Crippen molar-refractivity contribution in [3.8, 4) is 5.75 Å². The van der Waals surface area contributed by atoms with E-state index >= 15 is 0 Å². The van der Waals surface area contributed by atoms with Gasteiger partial charge in [-0.25, -0.2) is 13.6 Å². The molecule has 25 heavy (non-hydrogen) atoms. The van der Waals surface area contributed by atoms with Crippen LogP contribution in [0.2, 0.25) is 0 Å². The molecule has 2 aromatic rings. The van der Waals surface area contributed by atoms with E-state index in [1.54, 1.807) is 12.1 Å². The van der Waals surface area contributed by atoms with Crippen LogP contribution in [0.3, 0.4) is 0 Å². The molecule has 0 saturated carbocycles. The third-order valence-corrected chi connectivity index (χ3v) is 4.52. The number of hydrogen-bond acceptors (Lipinski definition) is 4. The zero-order chi connectivity index (χ0) is 18.3. The highest BCUT2D eigenvalue weighted by molar-refractivity contribution is 7.89. The first-order valence-electron chi connectivity index (χ1n) is 7.98. The number of rotatable bonds is 8. The Hall–Kier alpha value is -2.38. The van der Waals surface area contributed by atoms with Crippen molar-refractivity contribution in [2.75, 3.05) is 13.2 Å². The summed E-state index contributed by atoms with van der Waals surface area (Å²) in [5.74, 6) is 0.722. The maximum absolute atomic E-state index is 12.0. The first kappa shape index (κ1) is 19.0. The summed E-state index contributed by atoms with van der Waals surface area (Å²) in [7, 11) is -3.67. The third kappa shape index (κ3) is 6.21. The highest BCUT2D eigenvalue weighted by Crippen LogP contribution is 2.12. The van der Waals surface area contributed by atoms with Crippen molar-refractivity contribution in [2.45, 2.75) is 24.7 Å². The Labute approximate surface area is 148 Å². The number of nitrogens with two attached hydrogens (primary N) is 1. The van der Waals surface area contributed by atoms with E-state index in [1.165, 1.54) is 12.1 Å². The Morgan fingerprint density at radius 3 is 2.20 bits per heavy atom. The molecule has 2 rings (SSSR count). The van der Waals surface area contributed by atoms with Gasteiger partial charge in [0.05, 0.1) is 17.9 Å². The first-order valence-corrected chi connectivity index (χ1v) is 9.53. The van der Waals surface area contributed by atoms with Crippen molar-refractivity contribution in [3.63, 3.8) is 0 Å². The number of hydrogen-bond donors (Lipinski definition) is 2. The lowest BCUT2D eigenvalue weighted by atomic mass is 10.1. The van der Waals surface area contributed by atoms with Gasteiger partial charge in [-0.3, -0.25) is 4.79 Å². The van der Waals surface area contributed by atoms with Gasteiger partial charge in [-0.1, -0.05) is 24.3 Å². The quantitative estimate of drug-likeness (QED) is 0.746. The smallest absolute Gasteiger partial charge is 0.238 e. The van der Waals surface area contributed by atoms with Gasteiger partial charge in [0, 0.05) is 6.54 Å². The Balaban J connectivity index is 1.78. The zero-order valence-corrected chi connectivity index (χ0v) is 14.9. The average molecular weight is 362 g/mol. The minimum absolute atomic E-state index is 0.0645. The largest absolute Gasteiger partial charge is 0.494 e. The molecule has 0 atom stereocenters. The Kier molecular flexibility index (Phi) is 6.55. The Morgan fingerprint density at radius 1 is 1.04 bits per heavy atom. The highest BCUT2D eigenvalue weighted by Gasteiger charge is 2.07. The monoisotopic (exact) mass is 362 g/mol. The molecule has 0 aromatic heterocycles. The van der Waals surface area contributed by atoms with Gasteiger partial charge >= 0.3 is 0 Å².